The van der Waals surface area contributed by atoms with Gasteiger partial charge in [0.1, 0.15) is 10.6 Å². The molecule has 13 heteroatoms. The average molecular weight is 418 g/mol. The molecule has 0 aliphatic rings. The zero-order valence-corrected chi connectivity index (χ0v) is 15.0. The molecule has 0 amide bonds. The lowest BCUT2D eigenvalue weighted by Crippen LogP contribution is -1.98. The molecule has 0 spiro atoms. The van der Waals surface area contributed by atoms with Gasteiger partial charge >= 0.3 is 5.69 Å². The predicted octanol–water partition coefficient (Wildman–Crippen LogP) is 4.02. The van der Waals surface area contributed by atoms with E-state index < -0.39 is 42.0 Å². The van der Waals surface area contributed by atoms with Crippen molar-refractivity contribution in [1.82, 2.24) is 0 Å². The highest BCUT2D eigenvalue weighted by atomic mass is 32.2. The van der Waals surface area contributed by atoms with Crippen LogP contribution in [0.25, 0.3) is 10.8 Å². The molecule has 0 fully saturated rings. The molecule has 0 radical (unpaired) electrons. The van der Waals surface area contributed by atoms with Gasteiger partial charge in [-0.2, -0.15) is 8.42 Å². The number of aromatic hydroxyl groups is 1. The first-order valence-corrected chi connectivity index (χ1v) is 9.10. The number of hydrogen-bond acceptors (Lipinski definition) is 9. The van der Waals surface area contributed by atoms with Crippen LogP contribution in [0.5, 0.6) is 5.75 Å². The second-order valence-corrected chi connectivity index (χ2v) is 7.04. The van der Waals surface area contributed by atoms with Gasteiger partial charge in [-0.15, -0.1) is 10.2 Å². The van der Waals surface area contributed by atoms with Crippen molar-refractivity contribution in [2.24, 2.45) is 10.2 Å². The first kappa shape index (κ1) is 19.8. The zero-order valence-electron chi connectivity index (χ0n) is 14.2. The molecule has 0 aliphatic heterocycles. The van der Waals surface area contributed by atoms with Gasteiger partial charge in [0.2, 0.25) is 0 Å². The van der Waals surface area contributed by atoms with Crippen LogP contribution in [0.3, 0.4) is 0 Å². The van der Waals surface area contributed by atoms with E-state index in [1.54, 1.807) is 6.07 Å². The number of nitro groups is 2. The quantitative estimate of drug-likeness (QED) is 0.269. The van der Waals surface area contributed by atoms with Crippen molar-refractivity contribution in [3.63, 3.8) is 0 Å². The monoisotopic (exact) mass is 418 g/mol. The molecule has 3 rings (SSSR count). The minimum Gasteiger partial charge on any atom is -0.506 e. The number of phenols is 1. The van der Waals surface area contributed by atoms with Crippen LogP contribution in [-0.2, 0) is 10.1 Å². The molecule has 3 aromatic rings. The van der Waals surface area contributed by atoms with Gasteiger partial charge in [-0.1, -0.05) is 24.3 Å². The van der Waals surface area contributed by atoms with Crippen LogP contribution in [0.15, 0.2) is 63.7 Å². The zero-order chi connectivity index (χ0) is 21.3. The van der Waals surface area contributed by atoms with Crippen LogP contribution in [-0.4, -0.2) is 27.9 Å². The third kappa shape index (κ3) is 3.85. The molecular weight excluding hydrogens is 408 g/mol. The van der Waals surface area contributed by atoms with Crippen LogP contribution >= 0.6 is 0 Å². The maximum absolute atomic E-state index is 11.5. The van der Waals surface area contributed by atoms with Gasteiger partial charge in [0.05, 0.1) is 21.6 Å². The molecule has 29 heavy (non-hydrogen) atoms. The molecule has 3 aromatic carbocycles. The summed E-state index contributed by atoms with van der Waals surface area (Å²) in [7, 11) is -4.80. The Balaban J connectivity index is 2.21. The predicted molar refractivity (Wildman–Crippen MR) is 99.4 cm³/mol. The van der Waals surface area contributed by atoms with Gasteiger partial charge in [0.15, 0.2) is 5.69 Å². The van der Waals surface area contributed by atoms with Gasteiger partial charge in [0.25, 0.3) is 15.8 Å². The molecule has 0 heterocycles. The number of nitrogens with zero attached hydrogens (tertiary/aromatic N) is 4. The number of hydrogen-bond donors (Lipinski definition) is 2. The Hall–Kier alpha value is -3.97. The fraction of sp³-hybridized carbons (Fsp3) is 0. The fourth-order valence-corrected chi connectivity index (χ4v) is 3.17. The summed E-state index contributed by atoms with van der Waals surface area (Å²) in [6, 6.07) is 9.54. The number of azo groups is 1. The van der Waals surface area contributed by atoms with Crippen molar-refractivity contribution >= 4 is 43.6 Å². The second-order valence-electron chi connectivity index (χ2n) is 5.65. The Morgan fingerprint density at radius 3 is 2.07 bits per heavy atom. The number of phenolic OH excluding ortho intramolecular Hbond substituents is 1. The number of rotatable bonds is 5. The van der Waals surface area contributed by atoms with Gasteiger partial charge in [-0.05, 0) is 12.1 Å². The van der Waals surface area contributed by atoms with Crippen LogP contribution in [0.1, 0.15) is 0 Å². The number of fused-ring (bicyclic) bond motifs is 1. The van der Waals surface area contributed by atoms with Crippen LogP contribution in [0, 0.1) is 20.2 Å². The van der Waals surface area contributed by atoms with Crippen molar-refractivity contribution in [2.75, 3.05) is 0 Å². The van der Waals surface area contributed by atoms with Crippen LogP contribution < -0.4 is 0 Å². The van der Waals surface area contributed by atoms with Crippen LogP contribution in [0.2, 0.25) is 0 Å². The first-order valence-electron chi connectivity index (χ1n) is 7.66. The SMILES string of the molecule is O=[N+]([O-])c1ccc(N=Nc2cc(S(=O)(=O)O)c(O)c3ccccc23)c([N+](=O)[O-])c1. The van der Waals surface area contributed by atoms with Gasteiger partial charge in [0, 0.05) is 16.8 Å². The topological polar surface area (TPSA) is 186 Å². The molecule has 0 aromatic heterocycles. The molecule has 0 aliphatic carbocycles. The number of nitro benzene ring substituents is 2. The maximum Gasteiger partial charge on any atom is 0.303 e. The Labute approximate surface area is 161 Å². The third-order valence-electron chi connectivity index (χ3n) is 3.87. The lowest BCUT2D eigenvalue weighted by molar-refractivity contribution is -0.393. The molecule has 12 nitrogen and oxygen atoms in total. The first-order chi connectivity index (χ1) is 13.6. The third-order valence-corrected chi connectivity index (χ3v) is 4.74. The van der Waals surface area contributed by atoms with Crippen molar-refractivity contribution < 1.29 is 27.9 Å². The lowest BCUT2D eigenvalue weighted by Gasteiger charge is -2.08. The largest absolute Gasteiger partial charge is 0.506 e. The molecule has 2 N–H and O–H groups in total. The Kier molecular flexibility index (Phi) is 4.92. The van der Waals surface area contributed by atoms with Gasteiger partial charge in [-0.3, -0.25) is 24.8 Å². The van der Waals surface area contributed by atoms with Crippen molar-refractivity contribution in [1.29, 1.82) is 0 Å². The highest BCUT2D eigenvalue weighted by molar-refractivity contribution is 7.86. The van der Waals surface area contributed by atoms with Crippen molar-refractivity contribution in [3.05, 3.63) is 68.8 Å². The smallest absolute Gasteiger partial charge is 0.303 e. The van der Waals surface area contributed by atoms with E-state index in [0.717, 1.165) is 18.2 Å². The molecule has 0 atom stereocenters. The standard InChI is InChI=1S/C16H10N4O8S/c21-16-11-4-2-1-3-10(11)13(8-15(16)29(26,27)28)18-17-12-6-5-9(19(22)23)7-14(12)20(24)25/h1-8,21H,(H,26,27,28). The Morgan fingerprint density at radius 1 is 0.862 bits per heavy atom. The summed E-state index contributed by atoms with van der Waals surface area (Å²) in [6.45, 7) is 0. The maximum atomic E-state index is 11.5. The highest BCUT2D eigenvalue weighted by Gasteiger charge is 2.22. The van der Waals surface area contributed by atoms with Crippen LogP contribution in [0.4, 0.5) is 22.7 Å². The normalized spacial score (nSPS) is 11.8. The summed E-state index contributed by atoms with van der Waals surface area (Å²) >= 11 is 0. The van der Waals surface area contributed by atoms with E-state index in [0.29, 0.717) is 6.07 Å². The van der Waals surface area contributed by atoms with Gasteiger partial charge < -0.3 is 5.11 Å². The number of non-ortho nitro benzene ring substituents is 1. The molecule has 0 saturated heterocycles. The Bertz CT molecular complexity index is 1300. The van der Waals surface area contributed by atoms with E-state index in [1.165, 1.54) is 18.2 Å². The number of benzene rings is 3. The summed E-state index contributed by atoms with van der Waals surface area (Å²) < 4.78 is 32.4. The summed E-state index contributed by atoms with van der Waals surface area (Å²) in [5.74, 6) is -0.691. The fourth-order valence-electron chi connectivity index (χ4n) is 2.56. The summed E-state index contributed by atoms with van der Waals surface area (Å²) in [5.41, 5.74) is -1.62. The molecule has 0 unspecified atom stereocenters. The Morgan fingerprint density at radius 2 is 1.48 bits per heavy atom. The second kappa shape index (κ2) is 7.21. The summed E-state index contributed by atoms with van der Waals surface area (Å²) in [4.78, 5) is 19.5. The van der Waals surface area contributed by atoms with E-state index in [9.17, 15) is 38.3 Å². The minimum absolute atomic E-state index is 0.0507. The summed E-state index contributed by atoms with van der Waals surface area (Å²) in [6.07, 6.45) is 0. The van der Waals surface area contributed by atoms with E-state index in [4.69, 9.17) is 0 Å². The molecular formula is C16H10N4O8S. The highest BCUT2D eigenvalue weighted by Crippen LogP contribution is 2.39. The average Bonchev–Trinajstić information content (AvgIpc) is 2.66. The van der Waals surface area contributed by atoms with E-state index >= 15 is 0 Å². The molecule has 0 saturated carbocycles. The molecule has 0 bridgehead atoms. The van der Waals surface area contributed by atoms with Crippen molar-refractivity contribution in [2.45, 2.75) is 4.90 Å². The van der Waals surface area contributed by atoms with E-state index in [2.05, 4.69) is 10.2 Å². The van der Waals surface area contributed by atoms with Crippen molar-refractivity contribution in [3.8, 4) is 5.75 Å². The molecule has 148 valence electrons. The van der Waals surface area contributed by atoms with Gasteiger partial charge in [-0.25, -0.2) is 0 Å². The minimum atomic E-state index is -4.80. The lowest BCUT2D eigenvalue weighted by atomic mass is 10.1. The summed E-state index contributed by atoms with van der Waals surface area (Å²) in [5, 5.41) is 39.9. The van der Waals surface area contributed by atoms with E-state index in [1.807, 2.05) is 0 Å². The van der Waals surface area contributed by atoms with E-state index in [-0.39, 0.29) is 22.1 Å².